The first-order valence-corrected chi connectivity index (χ1v) is 13.3. The van der Waals surface area contributed by atoms with E-state index in [4.69, 9.17) is 4.74 Å². The number of halogens is 6. The van der Waals surface area contributed by atoms with E-state index in [0.717, 1.165) is 16.8 Å². The Morgan fingerprint density at radius 1 is 1.00 bits per heavy atom. The third-order valence-corrected chi connectivity index (χ3v) is 7.64. The lowest BCUT2D eigenvalue weighted by molar-refractivity contribution is -0.274. The molecule has 1 unspecified atom stereocenters. The first kappa shape index (κ1) is 29.1. The molecule has 3 aromatic carbocycles. The van der Waals surface area contributed by atoms with Crippen LogP contribution in [0, 0.1) is 0 Å². The van der Waals surface area contributed by atoms with Crippen LogP contribution in [0.5, 0.6) is 5.75 Å². The largest absolute Gasteiger partial charge is 0.573 e. The molecule has 1 N–H and O–H groups in total. The number of para-hydroxylation sites is 1. The van der Waals surface area contributed by atoms with E-state index in [2.05, 4.69) is 9.64 Å². The zero-order valence-corrected chi connectivity index (χ0v) is 22.3. The Hall–Kier alpha value is -3.44. The molecule has 41 heavy (non-hydrogen) atoms. The number of benzene rings is 3. The number of rotatable bonds is 7. The zero-order valence-electron chi connectivity index (χ0n) is 22.3. The van der Waals surface area contributed by atoms with E-state index < -0.39 is 30.6 Å². The second kappa shape index (κ2) is 11.1. The molecule has 5 nitrogen and oxygen atoms in total. The molecule has 0 aromatic heterocycles. The number of hydrogen-bond donors (Lipinski definition) is 1. The molecule has 11 heteroatoms. The standard InChI is InChI=1S/C30H30F6N2O3/c1-20-17-37(12-13-40-20)23-8-5-7-22(15-23)28(16-21-6-4-9-24(14-21)41-30(34,35)36)19-38(18-27(39)29(31,32)33)26-11-3-2-10-25(26)28/h2-11,14-15,20,27,39H,12-13,16-19H2,1H3/t20-,27-,28?/m1/s1. The van der Waals surface area contributed by atoms with Crippen LogP contribution in [0.4, 0.5) is 37.7 Å². The number of alkyl halides is 6. The molecule has 0 radical (unpaired) electrons. The van der Waals surface area contributed by atoms with Crippen LogP contribution in [0.25, 0.3) is 0 Å². The van der Waals surface area contributed by atoms with E-state index in [-0.39, 0.29) is 24.8 Å². The van der Waals surface area contributed by atoms with E-state index in [9.17, 15) is 31.4 Å². The molecule has 0 spiro atoms. The smallest absolute Gasteiger partial charge is 0.406 e. The second-order valence-electron chi connectivity index (χ2n) is 10.6. The lowest BCUT2D eigenvalue weighted by atomic mass is 9.71. The number of β-amino-alcohol motifs (C(OH)–C–C–N with tert-alkyl or cyclic N) is 1. The monoisotopic (exact) mass is 580 g/mol. The molecule has 3 atom stereocenters. The zero-order chi connectivity index (χ0) is 29.4. The maximum atomic E-state index is 13.4. The average molecular weight is 581 g/mol. The van der Waals surface area contributed by atoms with Crippen molar-refractivity contribution in [2.45, 2.75) is 43.5 Å². The highest BCUT2D eigenvalue weighted by molar-refractivity contribution is 5.68. The van der Waals surface area contributed by atoms with Crippen LogP contribution in [0.3, 0.4) is 0 Å². The fraction of sp³-hybridized carbons (Fsp3) is 0.400. The van der Waals surface area contributed by atoms with E-state index in [1.165, 1.54) is 23.1 Å². The molecule has 0 aliphatic carbocycles. The Morgan fingerprint density at radius 3 is 2.49 bits per heavy atom. The highest BCUT2D eigenvalue weighted by Crippen LogP contribution is 2.48. The van der Waals surface area contributed by atoms with Crippen molar-refractivity contribution in [1.29, 1.82) is 0 Å². The summed E-state index contributed by atoms with van der Waals surface area (Å²) < 4.78 is 89.0. The number of aliphatic hydroxyl groups excluding tert-OH is 1. The quantitative estimate of drug-likeness (QED) is 0.343. The molecule has 5 rings (SSSR count). The molecule has 1 saturated heterocycles. The molecule has 0 amide bonds. The lowest BCUT2D eigenvalue weighted by Gasteiger charge is -2.36. The molecule has 3 aromatic rings. The normalized spacial score (nSPS) is 22.0. The molecular formula is C30H30F6N2O3. The van der Waals surface area contributed by atoms with Gasteiger partial charge in [0, 0.05) is 36.4 Å². The summed E-state index contributed by atoms with van der Waals surface area (Å²) in [6, 6.07) is 20.4. The Kier molecular flexibility index (Phi) is 7.86. The number of nitrogens with zero attached hydrogens (tertiary/aromatic N) is 2. The molecule has 220 valence electrons. The fourth-order valence-electron chi connectivity index (χ4n) is 5.88. The van der Waals surface area contributed by atoms with Gasteiger partial charge in [-0.2, -0.15) is 13.2 Å². The predicted octanol–water partition coefficient (Wildman–Crippen LogP) is 6.08. The summed E-state index contributed by atoms with van der Waals surface area (Å²) >= 11 is 0. The van der Waals surface area contributed by atoms with Crippen molar-refractivity contribution >= 4 is 11.4 Å². The van der Waals surface area contributed by atoms with Crippen LogP contribution in [0.15, 0.2) is 72.8 Å². The van der Waals surface area contributed by atoms with Crippen LogP contribution >= 0.6 is 0 Å². The van der Waals surface area contributed by atoms with Crippen molar-refractivity contribution in [3.05, 3.63) is 89.5 Å². The van der Waals surface area contributed by atoms with Crippen LogP contribution in [0.2, 0.25) is 0 Å². The highest BCUT2D eigenvalue weighted by atomic mass is 19.4. The van der Waals surface area contributed by atoms with Gasteiger partial charge >= 0.3 is 12.5 Å². The van der Waals surface area contributed by atoms with Crippen LogP contribution in [-0.2, 0) is 16.6 Å². The van der Waals surface area contributed by atoms with E-state index in [0.29, 0.717) is 30.9 Å². The summed E-state index contributed by atoms with van der Waals surface area (Å²) in [5, 5.41) is 9.98. The Bertz CT molecular complexity index is 1360. The molecule has 0 saturated carbocycles. The van der Waals surface area contributed by atoms with Gasteiger partial charge in [-0.1, -0.05) is 42.5 Å². The third kappa shape index (κ3) is 6.41. The Balaban J connectivity index is 1.60. The molecule has 1 fully saturated rings. The van der Waals surface area contributed by atoms with Gasteiger partial charge in [-0.15, -0.1) is 13.2 Å². The Morgan fingerprint density at radius 2 is 1.76 bits per heavy atom. The van der Waals surface area contributed by atoms with Gasteiger partial charge < -0.3 is 24.4 Å². The third-order valence-electron chi connectivity index (χ3n) is 7.64. The van der Waals surface area contributed by atoms with Crippen LogP contribution in [-0.4, -0.2) is 62.6 Å². The number of anilines is 2. The van der Waals surface area contributed by atoms with Gasteiger partial charge in [0.25, 0.3) is 0 Å². The molecule has 0 bridgehead atoms. The van der Waals surface area contributed by atoms with Gasteiger partial charge in [0.2, 0.25) is 0 Å². The van der Waals surface area contributed by atoms with Crippen LogP contribution in [0.1, 0.15) is 23.6 Å². The molecule has 2 aliphatic heterocycles. The molecular weight excluding hydrogens is 550 g/mol. The maximum absolute atomic E-state index is 13.4. The number of ether oxygens (including phenoxy) is 2. The summed E-state index contributed by atoms with van der Waals surface area (Å²) in [6.07, 6.45) is -12.1. The van der Waals surface area contributed by atoms with Gasteiger partial charge in [-0.3, -0.25) is 0 Å². The first-order chi connectivity index (χ1) is 19.3. The minimum absolute atomic E-state index is 0.0179. The lowest BCUT2D eigenvalue weighted by Crippen LogP contribution is -2.44. The minimum atomic E-state index is -4.87. The first-order valence-electron chi connectivity index (χ1n) is 13.3. The minimum Gasteiger partial charge on any atom is -0.406 e. The molecule has 2 aliphatic rings. The SMILES string of the molecule is C[C@@H]1CN(c2cccc(C3(Cc4cccc(OC(F)(F)F)c4)CN(C[C@@H](O)C(F)(F)F)c4ccccc43)c2)CCO1. The fourth-order valence-corrected chi connectivity index (χ4v) is 5.88. The summed E-state index contributed by atoms with van der Waals surface area (Å²) in [6.45, 7) is 3.25. The highest BCUT2D eigenvalue weighted by Gasteiger charge is 2.47. The molecule has 2 heterocycles. The number of fused-ring (bicyclic) bond motifs is 1. The summed E-state index contributed by atoms with van der Waals surface area (Å²) in [4.78, 5) is 3.68. The predicted molar refractivity (Wildman–Crippen MR) is 142 cm³/mol. The van der Waals surface area contributed by atoms with Crippen molar-refractivity contribution in [1.82, 2.24) is 0 Å². The van der Waals surface area contributed by atoms with Gasteiger partial charge in [-0.05, 0) is 60.4 Å². The summed E-state index contributed by atoms with van der Waals surface area (Å²) in [5.74, 6) is -0.378. The summed E-state index contributed by atoms with van der Waals surface area (Å²) in [7, 11) is 0. The van der Waals surface area contributed by atoms with Gasteiger partial charge in [0.15, 0.2) is 6.10 Å². The number of aliphatic hydroxyl groups is 1. The van der Waals surface area contributed by atoms with E-state index in [1.54, 1.807) is 24.3 Å². The average Bonchev–Trinajstić information content (AvgIpc) is 3.21. The van der Waals surface area contributed by atoms with E-state index in [1.807, 2.05) is 37.3 Å². The second-order valence-corrected chi connectivity index (χ2v) is 10.6. The van der Waals surface area contributed by atoms with Gasteiger partial charge in [-0.25, -0.2) is 0 Å². The van der Waals surface area contributed by atoms with Gasteiger partial charge in [0.05, 0.1) is 19.3 Å². The van der Waals surface area contributed by atoms with E-state index >= 15 is 0 Å². The number of morpholine rings is 1. The Labute approximate surface area is 233 Å². The van der Waals surface area contributed by atoms with Crippen molar-refractivity contribution in [2.75, 3.05) is 42.6 Å². The number of hydrogen-bond acceptors (Lipinski definition) is 5. The maximum Gasteiger partial charge on any atom is 0.573 e. The van der Waals surface area contributed by atoms with Crippen molar-refractivity contribution in [3.63, 3.8) is 0 Å². The van der Waals surface area contributed by atoms with Gasteiger partial charge in [0.1, 0.15) is 5.75 Å². The summed E-state index contributed by atoms with van der Waals surface area (Å²) in [5.41, 5.74) is 2.55. The van der Waals surface area contributed by atoms with Crippen molar-refractivity contribution in [3.8, 4) is 5.75 Å². The van der Waals surface area contributed by atoms with Crippen molar-refractivity contribution < 1.29 is 40.9 Å². The van der Waals surface area contributed by atoms with Crippen molar-refractivity contribution in [2.24, 2.45) is 0 Å². The van der Waals surface area contributed by atoms with Crippen LogP contribution < -0.4 is 14.5 Å². The topological polar surface area (TPSA) is 45.2 Å².